The highest BCUT2D eigenvalue weighted by atomic mass is 32.2. The minimum atomic E-state index is -4.44. The first-order valence-corrected chi connectivity index (χ1v) is 17.0. The van der Waals surface area contributed by atoms with Crippen molar-refractivity contribution in [1.29, 1.82) is 0 Å². The predicted molar refractivity (Wildman–Crippen MR) is 196 cm³/mol. The Balaban J connectivity index is 1.18. The number of hydrogen-bond donors (Lipinski definition) is 3. The summed E-state index contributed by atoms with van der Waals surface area (Å²) >= 11 is 0. The Morgan fingerprint density at radius 2 is 0.980 bits per heavy atom. The van der Waals surface area contributed by atoms with Crippen molar-refractivity contribution >= 4 is 66.4 Å². The van der Waals surface area contributed by atoms with Crippen LogP contribution in [-0.2, 0) is 10.1 Å². The summed E-state index contributed by atoms with van der Waals surface area (Å²) in [6.07, 6.45) is 0. The van der Waals surface area contributed by atoms with E-state index in [0.29, 0.717) is 33.8 Å². The lowest BCUT2D eigenvalue weighted by Crippen LogP contribution is -1.97. The van der Waals surface area contributed by atoms with Crippen LogP contribution in [0.5, 0.6) is 5.75 Å². The van der Waals surface area contributed by atoms with Crippen molar-refractivity contribution in [3.8, 4) is 5.75 Å². The Morgan fingerprint density at radius 1 is 0.500 bits per heavy atom. The highest BCUT2D eigenvalue weighted by Gasteiger charge is 2.15. The van der Waals surface area contributed by atoms with Crippen LogP contribution in [0.4, 0.5) is 45.5 Å². The first-order chi connectivity index (χ1) is 24.0. The molecule has 250 valence electrons. The number of aromatic hydroxyl groups is 1. The molecule has 6 rings (SSSR count). The summed E-state index contributed by atoms with van der Waals surface area (Å²) in [5.74, 6) is 0.0541. The molecule has 0 fully saturated rings. The van der Waals surface area contributed by atoms with E-state index < -0.39 is 10.1 Å². The van der Waals surface area contributed by atoms with Crippen LogP contribution < -0.4 is 5.32 Å². The van der Waals surface area contributed by atoms with Gasteiger partial charge in [0.1, 0.15) is 16.3 Å². The normalized spacial score (nSPS) is 12.1. The summed E-state index contributed by atoms with van der Waals surface area (Å²) in [6, 6.07) is 32.5. The molecule has 0 heterocycles. The number of anilines is 2. The Morgan fingerprint density at radius 3 is 1.52 bits per heavy atom. The van der Waals surface area contributed by atoms with E-state index in [9.17, 15) is 18.1 Å². The van der Waals surface area contributed by atoms with Crippen molar-refractivity contribution < 1.29 is 18.1 Å². The molecule has 0 saturated heterocycles. The molecule has 0 aromatic heterocycles. The van der Waals surface area contributed by atoms with Crippen molar-refractivity contribution in [2.75, 3.05) is 5.32 Å². The Hall–Kier alpha value is -6.11. The highest BCUT2D eigenvalue weighted by Crippen LogP contribution is 2.39. The third-order valence-electron chi connectivity index (χ3n) is 8.00. The van der Waals surface area contributed by atoms with Crippen LogP contribution in [0.15, 0.2) is 145 Å². The average molecular weight is 684 g/mol. The first kappa shape index (κ1) is 33.8. The average Bonchev–Trinajstić information content (AvgIpc) is 3.09. The Kier molecular flexibility index (Phi) is 9.57. The van der Waals surface area contributed by atoms with Crippen molar-refractivity contribution in [1.82, 2.24) is 0 Å². The van der Waals surface area contributed by atoms with Crippen molar-refractivity contribution in [3.05, 3.63) is 131 Å². The Labute approximate surface area is 289 Å². The van der Waals surface area contributed by atoms with Crippen molar-refractivity contribution in [3.63, 3.8) is 0 Å². The maximum atomic E-state index is 11.7. The summed E-state index contributed by atoms with van der Waals surface area (Å²) in [5, 5.41) is 42.0. The number of nitrogens with zero attached hydrogens (tertiary/aromatic N) is 6. The van der Waals surface area contributed by atoms with Gasteiger partial charge in [0.05, 0.1) is 22.7 Å². The number of benzene rings is 6. The Bertz CT molecular complexity index is 2440. The molecule has 0 atom stereocenters. The van der Waals surface area contributed by atoms with Gasteiger partial charge >= 0.3 is 0 Å². The molecule has 0 bridgehead atoms. The maximum absolute atomic E-state index is 11.7. The molecule has 0 aliphatic carbocycles. The van der Waals surface area contributed by atoms with Gasteiger partial charge in [0, 0.05) is 16.8 Å². The number of phenols is 1. The summed E-state index contributed by atoms with van der Waals surface area (Å²) < 4.78 is 32.9. The molecule has 12 heteroatoms. The van der Waals surface area contributed by atoms with Gasteiger partial charge in [-0.1, -0.05) is 36.4 Å². The summed E-state index contributed by atoms with van der Waals surface area (Å²) in [5.41, 5.74) is 7.95. The number of azo groups is 3. The fourth-order valence-electron chi connectivity index (χ4n) is 5.23. The lowest BCUT2D eigenvalue weighted by atomic mass is 10.1. The first-order valence-electron chi connectivity index (χ1n) is 15.6. The standard InChI is InChI=1S/C38H33N7O4S/c1-23-20-35(25(3)18-33(23)42-40-31-12-8-9-13-37(31)50(47,48)49)44-45-36-21-24(2)34(19-26(36)4)43-41-32-17-14-27-22-29(15-16-30(27)38(32)46)39-28-10-6-5-7-11-28/h5-22,39,46H,1-4H3,(H,47,48,49). The zero-order valence-electron chi connectivity index (χ0n) is 27.7. The smallest absolute Gasteiger partial charge is 0.296 e. The van der Waals surface area contributed by atoms with Gasteiger partial charge in [0.15, 0.2) is 5.75 Å². The number of hydrogen-bond acceptors (Lipinski definition) is 10. The number of nitrogens with one attached hydrogen (secondary N) is 1. The van der Waals surface area contributed by atoms with Gasteiger partial charge in [0.25, 0.3) is 10.1 Å². The number of rotatable bonds is 9. The van der Waals surface area contributed by atoms with Gasteiger partial charge < -0.3 is 10.4 Å². The zero-order chi connectivity index (χ0) is 35.4. The SMILES string of the molecule is Cc1cc(N=Nc2ccccc2S(=O)(=O)O)c(C)cc1N=Nc1cc(C)c(N=Nc2ccc3cc(Nc4ccccc4)ccc3c2O)cc1C. The summed E-state index contributed by atoms with van der Waals surface area (Å²) in [4.78, 5) is -0.320. The second-order valence-corrected chi connectivity index (χ2v) is 13.1. The van der Waals surface area contributed by atoms with Crippen LogP contribution in [-0.4, -0.2) is 18.1 Å². The molecule has 0 radical (unpaired) electrons. The molecule has 0 spiro atoms. The van der Waals surface area contributed by atoms with Crippen LogP contribution in [0, 0.1) is 27.7 Å². The van der Waals surface area contributed by atoms with Crippen LogP contribution in [0.2, 0.25) is 0 Å². The van der Waals surface area contributed by atoms with Crippen LogP contribution in [0.1, 0.15) is 22.3 Å². The van der Waals surface area contributed by atoms with Gasteiger partial charge in [-0.3, -0.25) is 4.55 Å². The van der Waals surface area contributed by atoms with E-state index in [1.54, 1.807) is 18.2 Å². The number of fused-ring (bicyclic) bond motifs is 1. The third-order valence-corrected chi connectivity index (χ3v) is 8.90. The van der Waals surface area contributed by atoms with Crippen LogP contribution >= 0.6 is 0 Å². The van der Waals surface area contributed by atoms with E-state index >= 15 is 0 Å². The third kappa shape index (κ3) is 7.62. The molecule has 11 nitrogen and oxygen atoms in total. The summed E-state index contributed by atoms with van der Waals surface area (Å²) in [6.45, 7) is 7.52. The molecule has 6 aromatic carbocycles. The van der Waals surface area contributed by atoms with E-state index in [2.05, 4.69) is 36.0 Å². The molecule has 0 amide bonds. The van der Waals surface area contributed by atoms with Gasteiger partial charge in [-0.25, -0.2) is 0 Å². The van der Waals surface area contributed by atoms with Crippen molar-refractivity contribution in [2.45, 2.75) is 32.6 Å². The van der Waals surface area contributed by atoms with Gasteiger partial charge in [0.2, 0.25) is 0 Å². The second kappa shape index (κ2) is 14.2. The van der Waals surface area contributed by atoms with Crippen LogP contribution in [0.25, 0.3) is 10.8 Å². The van der Waals surface area contributed by atoms with E-state index in [1.165, 1.54) is 18.2 Å². The summed E-state index contributed by atoms with van der Waals surface area (Å²) in [7, 11) is -4.44. The lowest BCUT2D eigenvalue weighted by molar-refractivity contribution is 0.482. The molecule has 50 heavy (non-hydrogen) atoms. The van der Waals surface area contributed by atoms with Crippen molar-refractivity contribution in [2.24, 2.45) is 30.7 Å². The minimum absolute atomic E-state index is 0.0322. The fourth-order valence-corrected chi connectivity index (χ4v) is 5.86. The van der Waals surface area contributed by atoms with E-state index in [0.717, 1.165) is 39.0 Å². The molecular formula is C38H33N7O4S. The molecule has 0 aliphatic heterocycles. The van der Waals surface area contributed by atoms with E-state index in [-0.39, 0.29) is 16.3 Å². The molecule has 0 unspecified atom stereocenters. The fraction of sp³-hybridized carbons (Fsp3) is 0.105. The molecule has 0 saturated carbocycles. The van der Waals surface area contributed by atoms with Gasteiger partial charge in [-0.05, 0) is 128 Å². The van der Waals surface area contributed by atoms with Gasteiger partial charge in [-0.15, -0.1) is 10.2 Å². The topological polar surface area (TPSA) is 161 Å². The number of phenolic OH excluding ortho intramolecular Hbond substituents is 1. The molecule has 6 aromatic rings. The highest BCUT2D eigenvalue weighted by molar-refractivity contribution is 7.86. The minimum Gasteiger partial charge on any atom is -0.505 e. The van der Waals surface area contributed by atoms with Gasteiger partial charge in [-0.2, -0.15) is 28.9 Å². The number of aryl methyl sites for hydroxylation is 4. The quantitative estimate of drug-likeness (QED) is 0.102. The maximum Gasteiger partial charge on any atom is 0.296 e. The molecule has 0 aliphatic rings. The lowest BCUT2D eigenvalue weighted by Gasteiger charge is -2.09. The second-order valence-electron chi connectivity index (χ2n) is 11.8. The molecular weight excluding hydrogens is 651 g/mol. The monoisotopic (exact) mass is 683 g/mol. The van der Waals surface area contributed by atoms with E-state index in [4.69, 9.17) is 0 Å². The molecule has 3 N–H and O–H groups in total. The van der Waals surface area contributed by atoms with E-state index in [1.807, 2.05) is 100 Å². The number of para-hydroxylation sites is 1. The predicted octanol–water partition coefficient (Wildman–Crippen LogP) is 12.0. The largest absolute Gasteiger partial charge is 0.505 e. The van der Waals surface area contributed by atoms with Crippen LogP contribution in [0.3, 0.4) is 0 Å². The zero-order valence-corrected chi connectivity index (χ0v) is 28.5.